The van der Waals surface area contributed by atoms with E-state index in [-0.39, 0.29) is 0 Å². The molecule has 0 aliphatic carbocycles. The Morgan fingerprint density at radius 3 is 2.75 bits per heavy atom. The zero-order chi connectivity index (χ0) is 25.4. The minimum Gasteiger partial charge on any atom is -0.493 e. The molecule has 2 aliphatic rings. The average Bonchev–Trinajstić information content (AvgIpc) is 2.90. The topological polar surface area (TPSA) is 95.0 Å². The van der Waals surface area contributed by atoms with E-state index < -0.39 is 5.60 Å². The normalized spacial score (nSPS) is 21.4. The molecule has 0 amide bonds. The highest BCUT2D eigenvalue weighted by Gasteiger charge is 2.33. The summed E-state index contributed by atoms with van der Waals surface area (Å²) in [5.74, 6) is 3.97. The number of ether oxygens (including phenoxy) is 2. The van der Waals surface area contributed by atoms with Crippen molar-refractivity contribution in [2.45, 2.75) is 44.8 Å². The Labute approximate surface area is 215 Å². The van der Waals surface area contributed by atoms with Crippen molar-refractivity contribution in [3.05, 3.63) is 36.2 Å². The third-order valence-electron chi connectivity index (χ3n) is 7.34. The molecular weight excluding hydrogens is 456 g/mol. The van der Waals surface area contributed by atoms with E-state index in [0.29, 0.717) is 26.2 Å². The number of β-amino-alcohol motifs (C(OH)–C–C–N with tert-alkyl or cyclic N) is 1. The van der Waals surface area contributed by atoms with Gasteiger partial charge in [-0.25, -0.2) is 9.97 Å². The van der Waals surface area contributed by atoms with Crippen molar-refractivity contribution in [1.29, 1.82) is 0 Å². The first-order valence-electron chi connectivity index (χ1n) is 13.2. The summed E-state index contributed by atoms with van der Waals surface area (Å²) in [5, 5.41) is 17.7. The van der Waals surface area contributed by atoms with Gasteiger partial charge < -0.3 is 30.1 Å². The number of benzene rings is 1. The molecule has 1 aromatic heterocycles. The first-order chi connectivity index (χ1) is 17.5. The number of aliphatic hydroxyl groups is 1. The van der Waals surface area contributed by atoms with Gasteiger partial charge in [-0.1, -0.05) is 13.0 Å². The molecule has 36 heavy (non-hydrogen) atoms. The number of aromatic nitrogens is 2. The van der Waals surface area contributed by atoms with E-state index in [1.54, 1.807) is 13.4 Å². The van der Waals surface area contributed by atoms with Crippen molar-refractivity contribution in [2.24, 2.45) is 5.92 Å². The molecular formula is C27H42N6O3. The third kappa shape index (κ3) is 7.21. The van der Waals surface area contributed by atoms with Crippen molar-refractivity contribution < 1.29 is 14.6 Å². The van der Waals surface area contributed by atoms with Gasteiger partial charge in [0.25, 0.3) is 0 Å². The fourth-order valence-corrected chi connectivity index (χ4v) is 5.06. The molecule has 1 atom stereocenters. The highest BCUT2D eigenvalue weighted by molar-refractivity contribution is 5.48. The molecule has 0 spiro atoms. The smallest absolute Gasteiger partial charge is 0.161 e. The number of piperidine rings is 2. The lowest BCUT2D eigenvalue weighted by Gasteiger charge is -2.40. The van der Waals surface area contributed by atoms with Gasteiger partial charge in [-0.2, -0.15) is 0 Å². The lowest BCUT2D eigenvalue weighted by molar-refractivity contribution is 0.0259. The fraction of sp³-hybridized carbons (Fsp3) is 0.630. The Morgan fingerprint density at radius 2 is 1.97 bits per heavy atom. The largest absolute Gasteiger partial charge is 0.493 e. The van der Waals surface area contributed by atoms with Crippen LogP contribution >= 0.6 is 0 Å². The maximum absolute atomic E-state index is 11.3. The molecule has 9 heteroatoms. The molecule has 2 saturated heterocycles. The van der Waals surface area contributed by atoms with Crippen LogP contribution in [0, 0.1) is 5.92 Å². The number of methoxy groups -OCH3 is 1. The first-order valence-corrected chi connectivity index (χ1v) is 13.2. The Hall–Kier alpha value is -2.62. The summed E-state index contributed by atoms with van der Waals surface area (Å²) < 4.78 is 11.7. The highest BCUT2D eigenvalue weighted by atomic mass is 16.5. The SMILES string of the molecule is CNc1cc(N2CCC[C@@](O)(CNCc3ccc(OCCN4CCC(C)CC4)c(OC)c3)C2)ncn1. The number of likely N-dealkylation sites (tertiary alicyclic amines) is 1. The van der Waals surface area contributed by atoms with Crippen molar-refractivity contribution in [2.75, 3.05) is 70.2 Å². The van der Waals surface area contributed by atoms with Crippen LogP contribution in [0.2, 0.25) is 0 Å². The van der Waals surface area contributed by atoms with Crippen LogP contribution in [-0.4, -0.2) is 85.6 Å². The molecule has 0 unspecified atom stereocenters. The lowest BCUT2D eigenvalue weighted by Crippen LogP contribution is -2.53. The molecule has 0 bridgehead atoms. The number of nitrogens with one attached hydrogen (secondary N) is 2. The van der Waals surface area contributed by atoms with Crippen LogP contribution in [0.1, 0.15) is 38.2 Å². The molecule has 2 aliphatic heterocycles. The van der Waals surface area contributed by atoms with Crippen molar-refractivity contribution in [3.8, 4) is 11.5 Å². The number of nitrogens with zero attached hydrogens (tertiary/aromatic N) is 4. The van der Waals surface area contributed by atoms with Crippen molar-refractivity contribution in [3.63, 3.8) is 0 Å². The molecule has 3 N–H and O–H groups in total. The van der Waals surface area contributed by atoms with Crippen LogP contribution in [-0.2, 0) is 6.54 Å². The van der Waals surface area contributed by atoms with E-state index in [0.717, 1.165) is 73.6 Å². The summed E-state index contributed by atoms with van der Waals surface area (Å²) in [6, 6.07) is 7.98. The number of hydrogen-bond donors (Lipinski definition) is 3. The summed E-state index contributed by atoms with van der Waals surface area (Å²) in [6.45, 7) is 8.81. The molecule has 2 aromatic rings. The zero-order valence-corrected chi connectivity index (χ0v) is 22.0. The van der Waals surface area contributed by atoms with E-state index in [9.17, 15) is 5.11 Å². The molecule has 2 fully saturated rings. The Morgan fingerprint density at radius 1 is 1.14 bits per heavy atom. The first kappa shape index (κ1) is 26.4. The van der Waals surface area contributed by atoms with E-state index in [1.165, 1.54) is 12.8 Å². The summed E-state index contributed by atoms with van der Waals surface area (Å²) in [5.41, 5.74) is 0.275. The molecule has 9 nitrogen and oxygen atoms in total. The second-order valence-electron chi connectivity index (χ2n) is 10.2. The summed E-state index contributed by atoms with van der Waals surface area (Å²) >= 11 is 0. The van der Waals surface area contributed by atoms with Crippen molar-refractivity contribution >= 4 is 11.6 Å². The second-order valence-corrected chi connectivity index (χ2v) is 10.2. The van der Waals surface area contributed by atoms with Gasteiger partial charge >= 0.3 is 0 Å². The van der Waals surface area contributed by atoms with Gasteiger partial charge in [0.15, 0.2) is 11.5 Å². The van der Waals surface area contributed by atoms with E-state index in [1.807, 2.05) is 25.2 Å². The van der Waals surface area contributed by atoms with Crippen molar-refractivity contribution in [1.82, 2.24) is 20.2 Å². The monoisotopic (exact) mass is 498 g/mol. The molecule has 3 heterocycles. The zero-order valence-electron chi connectivity index (χ0n) is 22.0. The number of anilines is 2. The number of rotatable bonds is 11. The van der Waals surface area contributed by atoms with Gasteiger partial charge in [-0.15, -0.1) is 0 Å². The Kier molecular flexibility index (Phi) is 9.23. The van der Waals surface area contributed by atoms with Crippen LogP contribution in [0.5, 0.6) is 11.5 Å². The molecule has 0 radical (unpaired) electrons. The molecule has 1 aromatic carbocycles. The summed E-state index contributed by atoms with van der Waals surface area (Å²) in [4.78, 5) is 13.2. The van der Waals surface area contributed by atoms with Gasteiger partial charge in [0.05, 0.1) is 12.7 Å². The summed E-state index contributed by atoms with van der Waals surface area (Å²) in [7, 11) is 3.52. The van der Waals surface area contributed by atoms with Crippen LogP contribution < -0.4 is 25.0 Å². The Balaban J connectivity index is 1.25. The minimum atomic E-state index is -0.817. The van der Waals surface area contributed by atoms with E-state index >= 15 is 0 Å². The maximum atomic E-state index is 11.3. The van der Waals surface area contributed by atoms with E-state index in [2.05, 4.69) is 43.4 Å². The van der Waals surface area contributed by atoms with Crippen LogP contribution in [0.3, 0.4) is 0 Å². The minimum absolute atomic E-state index is 0.502. The van der Waals surface area contributed by atoms with Gasteiger partial charge in [0.2, 0.25) is 0 Å². The predicted octanol–water partition coefficient (Wildman–Crippen LogP) is 2.76. The van der Waals surface area contributed by atoms with Gasteiger partial charge in [0, 0.05) is 45.8 Å². The predicted molar refractivity (Wildman–Crippen MR) is 143 cm³/mol. The third-order valence-corrected chi connectivity index (χ3v) is 7.34. The average molecular weight is 499 g/mol. The van der Waals surface area contributed by atoms with Gasteiger partial charge in [-0.3, -0.25) is 4.90 Å². The van der Waals surface area contributed by atoms with Crippen LogP contribution in [0.15, 0.2) is 30.6 Å². The van der Waals surface area contributed by atoms with E-state index in [4.69, 9.17) is 9.47 Å². The summed E-state index contributed by atoms with van der Waals surface area (Å²) in [6.07, 6.45) is 5.77. The molecule has 4 rings (SSSR count). The fourth-order valence-electron chi connectivity index (χ4n) is 5.06. The Bertz CT molecular complexity index is 968. The van der Waals surface area contributed by atoms with Gasteiger partial charge in [0.1, 0.15) is 24.6 Å². The lowest BCUT2D eigenvalue weighted by atomic mass is 9.92. The van der Waals surface area contributed by atoms with Gasteiger partial charge in [-0.05, 0) is 62.4 Å². The molecule has 0 saturated carbocycles. The van der Waals surface area contributed by atoms with Crippen LogP contribution in [0.25, 0.3) is 0 Å². The van der Waals surface area contributed by atoms with Crippen LogP contribution in [0.4, 0.5) is 11.6 Å². The maximum Gasteiger partial charge on any atom is 0.161 e. The molecule has 198 valence electrons. The second kappa shape index (κ2) is 12.6. The quantitative estimate of drug-likeness (QED) is 0.432. The standard InChI is InChI=1S/C27H42N6O3/c1-21-7-11-32(12-8-21)13-14-36-23-6-5-22(15-24(23)35-3)17-29-18-27(34)9-4-10-33(19-27)26-16-25(28-2)30-20-31-26/h5-6,15-16,20-21,29,34H,4,7-14,17-19H2,1-3H3,(H,28,30,31)/t27-/m1/s1. The number of hydrogen-bond acceptors (Lipinski definition) is 9. The highest BCUT2D eigenvalue weighted by Crippen LogP contribution is 2.29.